The number of hydrogen-bond acceptors (Lipinski definition) is 8. The van der Waals surface area contributed by atoms with Crippen LogP contribution >= 0.6 is 27.5 Å². The molecule has 1 saturated heterocycles. The number of hydrogen-bond donors (Lipinski definition) is 2. The topological polar surface area (TPSA) is 121 Å². The van der Waals surface area contributed by atoms with Gasteiger partial charge < -0.3 is 20.3 Å². The van der Waals surface area contributed by atoms with Gasteiger partial charge in [-0.15, -0.1) is 5.10 Å². The molecule has 0 atom stereocenters. The normalized spacial score (nSPS) is 14.1. The predicted octanol–water partition coefficient (Wildman–Crippen LogP) is 7.18. The van der Waals surface area contributed by atoms with Crippen LogP contribution in [0, 0.1) is 17.1 Å². The molecule has 0 unspecified atom stereocenters. The number of pyridine rings is 1. The molecule has 5 rings (SSSR count). The van der Waals surface area contributed by atoms with Crippen LogP contribution in [-0.4, -0.2) is 49.7 Å². The van der Waals surface area contributed by atoms with Crippen LogP contribution in [0.3, 0.4) is 0 Å². The SMILES string of the molecule is CC(C)(C)OC(=O)N1CCC(n2cc(CNc3cc(Br)c4ncc(C#N)c(Nc5ccc(F)c(Cl)c5)c4c3)nn2)CC1. The van der Waals surface area contributed by atoms with Gasteiger partial charge in [-0.3, -0.25) is 4.98 Å². The first-order valence-electron chi connectivity index (χ1n) is 13.4. The number of aromatic nitrogens is 4. The van der Waals surface area contributed by atoms with Gasteiger partial charge in [-0.2, -0.15) is 5.26 Å². The second-order valence-electron chi connectivity index (χ2n) is 11.0. The third-order valence-electron chi connectivity index (χ3n) is 6.76. The third kappa shape index (κ3) is 6.74. The van der Waals surface area contributed by atoms with E-state index in [0.29, 0.717) is 47.5 Å². The number of nitriles is 1. The molecule has 42 heavy (non-hydrogen) atoms. The van der Waals surface area contributed by atoms with E-state index in [1.807, 2.05) is 43.8 Å². The lowest BCUT2D eigenvalue weighted by atomic mass is 10.1. The Morgan fingerprint density at radius 1 is 1.24 bits per heavy atom. The maximum absolute atomic E-state index is 13.7. The van der Waals surface area contributed by atoms with Gasteiger partial charge in [-0.25, -0.2) is 13.9 Å². The number of carbonyl (C=O) groups excluding carboxylic acids is 1. The van der Waals surface area contributed by atoms with Crippen molar-refractivity contribution in [2.45, 2.75) is 51.8 Å². The van der Waals surface area contributed by atoms with Gasteiger partial charge in [0.2, 0.25) is 0 Å². The average molecular weight is 656 g/mol. The maximum atomic E-state index is 13.7. The fourth-order valence-electron chi connectivity index (χ4n) is 4.70. The summed E-state index contributed by atoms with van der Waals surface area (Å²) < 4.78 is 21.8. The number of piperidine rings is 1. The number of fused-ring (bicyclic) bond motifs is 1. The average Bonchev–Trinajstić information content (AvgIpc) is 3.42. The highest BCUT2D eigenvalue weighted by Gasteiger charge is 2.28. The number of halogens is 3. The molecule has 10 nitrogen and oxygen atoms in total. The molecule has 13 heteroatoms. The number of benzene rings is 2. The van der Waals surface area contributed by atoms with E-state index in [0.717, 1.165) is 28.7 Å². The zero-order valence-electron chi connectivity index (χ0n) is 23.3. The van der Waals surface area contributed by atoms with E-state index < -0.39 is 11.4 Å². The van der Waals surface area contributed by atoms with Gasteiger partial charge in [-0.1, -0.05) is 16.8 Å². The first-order chi connectivity index (χ1) is 20.0. The van der Waals surface area contributed by atoms with E-state index in [1.54, 1.807) is 11.0 Å². The minimum atomic E-state index is -0.528. The number of likely N-dealkylation sites (tertiary alicyclic amines) is 1. The largest absolute Gasteiger partial charge is 0.444 e. The van der Waals surface area contributed by atoms with Crippen LogP contribution in [0.15, 0.2) is 47.2 Å². The Morgan fingerprint density at radius 2 is 2.00 bits per heavy atom. The minimum Gasteiger partial charge on any atom is -0.444 e. The Balaban J connectivity index is 1.29. The highest BCUT2D eigenvalue weighted by molar-refractivity contribution is 9.10. The van der Waals surface area contributed by atoms with Crippen molar-refractivity contribution in [2.75, 3.05) is 23.7 Å². The van der Waals surface area contributed by atoms with Gasteiger partial charge in [0.15, 0.2) is 0 Å². The van der Waals surface area contributed by atoms with Crippen molar-refractivity contribution in [3.05, 3.63) is 69.3 Å². The van der Waals surface area contributed by atoms with E-state index in [4.69, 9.17) is 16.3 Å². The van der Waals surface area contributed by atoms with Crippen molar-refractivity contribution in [1.82, 2.24) is 24.9 Å². The molecule has 0 saturated carbocycles. The molecule has 2 N–H and O–H groups in total. The summed E-state index contributed by atoms with van der Waals surface area (Å²) in [6.45, 7) is 7.19. The predicted molar refractivity (Wildman–Crippen MR) is 162 cm³/mol. The highest BCUT2D eigenvalue weighted by atomic mass is 79.9. The van der Waals surface area contributed by atoms with Crippen LogP contribution in [0.5, 0.6) is 0 Å². The molecule has 218 valence electrons. The Labute approximate surface area is 255 Å². The molecule has 0 spiro atoms. The van der Waals surface area contributed by atoms with E-state index in [9.17, 15) is 14.4 Å². The maximum Gasteiger partial charge on any atom is 0.410 e. The molecular formula is C29H29BrClFN8O2. The van der Waals surface area contributed by atoms with E-state index >= 15 is 0 Å². The fourth-order valence-corrected chi connectivity index (χ4v) is 5.45. The number of anilines is 3. The molecule has 4 aromatic rings. The molecular weight excluding hydrogens is 627 g/mol. The second kappa shape index (κ2) is 12.1. The zero-order chi connectivity index (χ0) is 30.0. The van der Waals surface area contributed by atoms with Crippen LogP contribution in [0.25, 0.3) is 10.9 Å². The number of ether oxygens (including phenoxy) is 1. The quantitative estimate of drug-likeness (QED) is 0.224. The summed E-state index contributed by atoms with van der Waals surface area (Å²) in [5.74, 6) is -0.528. The number of rotatable bonds is 6. The molecule has 0 bridgehead atoms. The lowest BCUT2D eigenvalue weighted by Crippen LogP contribution is -2.42. The molecule has 1 aliphatic heterocycles. The Bertz CT molecular complexity index is 1670. The van der Waals surface area contributed by atoms with Crippen LogP contribution in [0.1, 0.15) is 50.9 Å². The molecule has 2 aromatic carbocycles. The summed E-state index contributed by atoms with van der Waals surface area (Å²) in [5.41, 5.74) is 3.04. The Kier molecular flexibility index (Phi) is 8.52. The first-order valence-corrected chi connectivity index (χ1v) is 14.5. The Morgan fingerprint density at radius 3 is 2.69 bits per heavy atom. The summed E-state index contributed by atoms with van der Waals surface area (Å²) >= 11 is 9.57. The van der Waals surface area contributed by atoms with Crippen LogP contribution < -0.4 is 10.6 Å². The monoisotopic (exact) mass is 654 g/mol. The lowest BCUT2D eigenvalue weighted by Gasteiger charge is -2.33. The zero-order valence-corrected chi connectivity index (χ0v) is 25.6. The molecule has 1 amide bonds. The number of amides is 1. The summed E-state index contributed by atoms with van der Waals surface area (Å²) in [4.78, 5) is 18.6. The summed E-state index contributed by atoms with van der Waals surface area (Å²) in [6, 6.07) is 10.4. The summed E-state index contributed by atoms with van der Waals surface area (Å²) in [5, 5.41) is 25.7. The summed E-state index contributed by atoms with van der Waals surface area (Å²) in [7, 11) is 0. The van der Waals surface area contributed by atoms with Crippen molar-refractivity contribution in [3.8, 4) is 6.07 Å². The molecule has 1 fully saturated rings. The minimum absolute atomic E-state index is 0.0259. The van der Waals surface area contributed by atoms with Gasteiger partial charge in [0.1, 0.15) is 23.2 Å². The van der Waals surface area contributed by atoms with Crippen LogP contribution in [0.2, 0.25) is 5.02 Å². The first kappa shape index (κ1) is 29.5. The van der Waals surface area contributed by atoms with Gasteiger partial charge in [0, 0.05) is 40.5 Å². The molecule has 1 aliphatic rings. The summed E-state index contributed by atoms with van der Waals surface area (Å²) in [6.07, 6.45) is 4.64. The van der Waals surface area contributed by atoms with Gasteiger partial charge in [0.05, 0.1) is 40.6 Å². The third-order valence-corrected chi connectivity index (χ3v) is 7.65. The van der Waals surface area contributed by atoms with Gasteiger partial charge in [-0.05, 0) is 79.9 Å². The number of nitrogens with one attached hydrogen (secondary N) is 2. The number of carbonyl (C=O) groups is 1. The Hall–Kier alpha value is -3.95. The smallest absolute Gasteiger partial charge is 0.410 e. The van der Waals surface area contributed by atoms with Crippen molar-refractivity contribution in [1.29, 1.82) is 5.26 Å². The molecule has 3 heterocycles. The van der Waals surface area contributed by atoms with E-state index in [1.165, 1.54) is 18.3 Å². The standard InChI is InChI=1S/C29H29BrClFN8O2/c1-29(2,3)42-28(41)39-8-6-21(7-9-39)40-16-20(37-38-40)15-34-19-10-22-26(36-18-4-5-25(32)24(31)12-18)17(13-33)14-35-27(22)23(30)11-19/h4-5,10-12,14,16,21,34H,6-9,15H2,1-3H3,(H,35,36). The highest BCUT2D eigenvalue weighted by Crippen LogP contribution is 2.36. The lowest BCUT2D eigenvalue weighted by molar-refractivity contribution is 0.0184. The molecule has 0 radical (unpaired) electrons. The second-order valence-corrected chi connectivity index (χ2v) is 12.3. The van der Waals surface area contributed by atoms with Gasteiger partial charge in [0.25, 0.3) is 0 Å². The molecule has 0 aliphatic carbocycles. The van der Waals surface area contributed by atoms with Crippen molar-refractivity contribution in [2.24, 2.45) is 0 Å². The van der Waals surface area contributed by atoms with E-state index in [-0.39, 0.29) is 17.2 Å². The van der Waals surface area contributed by atoms with Gasteiger partial charge >= 0.3 is 6.09 Å². The van der Waals surface area contributed by atoms with Crippen LogP contribution in [0.4, 0.5) is 26.2 Å². The molecule has 2 aromatic heterocycles. The fraction of sp³-hybridized carbons (Fsp3) is 0.345. The number of nitrogens with zero attached hydrogens (tertiary/aromatic N) is 6. The van der Waals surface area contributed by atoms with E-state index in [2.05, 4.69) is 47.9 Å². The van der Waals surface area contributed by atoms with Crippen LogP contribution in [-0.2, 0) is 11.3 Å². The van der Waals surface area contributed by atoms with Crippen molar-refractivity contribution >= 4 is 61.6 Å². The van der Waals surface area contributed by atoms with Crippen molar-refractivity contribution in [3.63, 3.8) is 0 Å². The van der Waals surface area contributed by atoms with Crippen molar-refractivity contribution < 1.29 is 13.9 Å².